The molecule has 1 heterocycles. The van der Waals surface area contributed by atoms with Gasteiger partial charge < -0.3 is 4.74 Å². The highest BCUT2D eigenvalue weighted by molar-refractivity contribution is 5.83. The Kier molecular flexibility index (Phi) is 5.26. The van der Waals surface area contributed by atoms with Gasteiger partial charge in [-0.2, -0.15) is 0 Å². The van der Waals surface area contributed by atoms with Crippen LogP contribution < -0.4 is 0 Å². The van der Waals surface area contributed by atoms with Crippen molar-refractivity contribution in [2.75, 3.05) is 26.3 Å². The van der Waals surface area contributed by atoms with Gasteiger partial charge in [0.1, 0.15) is 0 Å². The summed E-state index contributed by atoms with van der Waals surface area (Å²) < 4.78 is 5.24. The van der Waals surface area contributed by atoms with Crippen LogP contribution in [0.25, 0.3) is 0 Å². The Bertz CT molecular complexity index is 198. The van der Waals surface area contributed by atoms with E-state index in [1.54, 1.807) is 0 Å². The van der Waals surface area contributed by atoms with Gasteiger partial charge in [-0.1, -0.05) is 6.92 Å². The van der Waals surface area contributed by atoms with Crippen molar-refractivity contribution in [2.45, 2.75) is 39.7 Å². The maximum Gasteiger partial charge on any atom is 0.152 e. The van der Waals surface area contributed by atoms with Crippen LogP contribution in [-0.4, -0.2) is 43.0 Å². The summed E-state index contributed by atoms with van der Waals surface area (Å²) in [5.74, 6) is 0.512. The molecular formula is C12H23NO2. The lowest BCUT2D eigenvalue weighted by Gasteiger charge is -2.26. The quantitative estimate of drug-likeness (QED) is 0.672. The molecule has 0 spiro atoms. The molecule has 1 aliphatic rings. The largest absolute Gasteiger partial charge is 0.381 e. The summed E-state index contributed by atoms with van der Waals surface area (Å²) in [4.78, 5) is 14.2. The third-order valence-corrected chi connectivity index (χ3v) is 2.99. The fourth-order valence-corrected chi connectivity index (χ4v) is 1.92. The molecule has 0 aromatic carbocycles. The van der Waals surface area contributed by atoms with E-state index in [2.05, 4.69) is 25.7 Å². The average Bonchev–Trinajstić information content (AvgIpc) is 2.69. The van der Waals surface area contributed by atoms with Crippen molar-refractivity contribution in [3.8, 4) is 0 Å². The Labute approximate surface area is 92.8 Å². The molecule has 3 nitrogen and oxygen atoms in total. The first-order valence-electron chi connectivity index (χ1n) is 5.99. The van der Waals surface area contributed by atoms with Crippen molar-refractivity contribution in [3.63, 3.8) is 0 Å². The first kappa shape index (κ1) is 12.7. The monoisotopic (exact) mass is 213 g/mol. The molecule has 1 rings (SSSR count). The van der Waals surface area contributed by atoms with Crippen molar-refractivity contribution in [3.05, 3.63) is 0 Å². The highest BCUT2D eigenvalue weighted by atomic mass is 16.5. The molecule has 1 fully saturated rings. The number of hydrogen-bond donors (Lipinski definition) is 0. The van der Waals surface area contributed by atoms with Crippen LogP contribution in [0.5, 0.6) is 0 Å². The summed E-state index contributed by atoms with van der Waals surface area (Å²) >= 11 is 0. The topological polar surface area (TPSA) is 29.5 Å². The van der Waals surface area contributed by atoms with Crippen molar-refractivity contribution in [1.29, 1.82) is 0 Å². The fourth-order valence-electron chi connectivity index (χ4n) is 1.92. The zero-order valence-electron chi connectivity index (χ0n) is 10.2. The summed E-state index contributed by atoms with van der Waals surface area (Å²) in [7, 11) is 0. The van der Waals surface area contributed by atoms with Crippen LogP contribution in [0, 0.1) is 5.92 Å². The van der Waals surface area contributed by atoms with Crippen molar-refractivity contribution in [1.82, 2.24) is 4.90 Å². The first-order chi connectivity index (χ1) is 7.15. The van der Waals surface area contributed by atoms with Crippen LogP contribution in [-0.2, 0) is 9.53 Å². The molecule has 0 aromatic heterocycles. The fraction of sp³-hybridized carbons (Fsp3) is 0.917. The minimum atomic E-state index is 0.156. The molecule has 3 heteroatoms. The number of hydrogen-bond acceptors (Lipinski definition) is 3. The summed E-state index contributed by atoms with van der Waals surface area (Å²) in [6.07, 6.45) is 2.02. The molecule has 0 saturated carbocycles. The molecule has 1 saturated heterocycles. The molecule has 15 heavy (non-hydrogen) atoms. The molecule has 0 amide bonds. The van der Waals surface area contributed by atoms with Crippen molar-refractivity contribution >= 4 is 5.78 Å². The van der Waals surface area contributed by atoms with E-state index in [4.69, 9.17) is 4.74 Å². The maximum atomic E-state index is 11.9. The molecule has 0 aromatic rings. The van der Waals surface area contributed by atoms with Gasteiger partial charge in [0.05, 0.1) is 13.2 Å². The molecule has 1 atom stereocenters. The summed E-state index contributed by atoms with van der Waals surface area (Å²) in [5.41, 5.74) is 0. The van der Waals surface area contributed by atoms with Gasteiger partial charge in [-0.05, 0) is 33.2 Å². The maximum absolute atomic E-state index is 11.9. The molecule has 0 bridgehead atoms. The third-order valence-electron chi connectivity index (χ3n) is 2.99. The molecule has 0 radical (unpaired) electrons. The minimum absolute atomic E-state index is 0.156. The molecule has 0 aliphatic carbocycles. The summed E-state index contributed by atoms with van der Waals surface area (Å²) in [5, 5.41) is 0. The zero-order valence-corrected chi connectivity index (χ0v) is 10.2. The first-order valence-corrected chi connectivity index (χ1v) is 5.99. The van der Waals surface area contributed by atoms with E-state index in [9.17, 15) is 4.79 Å². The normalized spacial score (nSPS) is 21.5. The second kappa shape index (κ2) is 6.23. The van der Waals surface area contributed by atoms with E-state index < -0.39 is 0 Å². The Hall–Kier alpha value is -0.410. The lowest BCUT2D eigenvalue weighted by Crippen LogP contribution is -2.38. The molecule has 0 N–H and O–H groups in total. The van der Waals surface area contributed by atoms with Gasteiger partial charge in [0.15, 0.2) is 5.78 Å². The lowest BCUT2D eigenvalue weighted by atomic mass is 10.0. The number of ether oxygens (including phenoxy) is 1. The Balaban J connectivity index is 2.38. The van der Waals surface area contributed by atoms with Crippen LogP contribution in [0.4, 0.5) is 0 Å². The van der Waals surface area contributed by atoms with Crippen LogP contribution in [0.3, 0.4) is 0 Å². The second-order valence-corrected chi connectivity index (χ2v) is 4.59. The van der Waals surface area contributed by atoms with E-state index >= 15 is 0 Å². The Morgan fingerprint density at radius 2 is 2.27 bits per heavy atom. The molecule has 1 unspecified atom stereocenters. The molecule has 88 valence electrons. The SMILES string of the molecule is CCCN(CC(=O)C1CCOC1)C(C)C. The predicted molar refractivity (Wildman–Crippen MR) is 60.9 cm³/mol. The van der Waals surface area contributed by atoms with Crippen molar-refractivity contribution < 1.29 is 9.53 Å². The van der Waals surface area contributed by atoms with Crippen molar-refractivity contribution in [2.24, 2.45) is 5.92 Å². The van der Waals surface area contributed by atoms with E-state index in [1.807, 2.05) is 0 Å². The predicted octanol–water partition coefficient (Wildman–Crippen LogP) is 1.71. The number of nitrogens with zero attached hydrogens (tertiary/aromatic N) is 1. The second-order valence-electron chi connectivity index (χ2n) is 4.59. The van der Waals surface area contributed by atoms with Gasteiger partial charge in [-0.3, -0.25) is 9.69 Å². The zero-order chi connectivity index (χ0) is 11.3. The standard InChI is InChI=1S/C12H23NO2/c1-4-6-13(10(2)3)8-12(14)11-5-7-15-9-11/h10-11H,4-9H2,1-3H3. The number of ketones is 1. The van der Waals surface area contributed by atoms with Crippen LogP contribution in [0.2, 0.25) is 0 Å². The van der Waals surface area contributed by atoms with Gasteiger partial charge in [0.25, 0.3) is 0 Å². The van der Waals surface area contributed by atoms with E-state index in [1.165, 1.54) is 0 Å². The van der Waals surface area contributed by atoms with Crippen LogP contribution >= 0.6 is 0 Å². The smallest absolute Gasteiger partial charge is 0.152 e. The minimum Gasteiger partial charge on any atom is -0.381 e. The number of carbonyl (C=O) groups excluding carboxylic acids is 1. The molecule has 1 aliphatic heterocycles. The van der Waals surface area contributed by atoms with Gasteiger partial charge in [-0.25, -0.2) is 0 Å². The van der Waals surface area contributed by atoms with E-state index in [0.29, 0.717) is 25.0 Å². The molecular weight excluding hydrogens is 190 g/mol. The average molecular weight is 213 g/mol. The van der Waals surface area contributed by atoms with E-state index in [-0.39, 0.29) is 5.92 Å². The number of Topliss-reactive ketones (excluding diaryl/α,β-unsaturated/α-hetero) is 1. The number of rotatable bonds is 6. The summed E-state index contributed by atoms with van der Waals surface area (Å²) in [6, 6.07) is 0.455. The lowest BCUT2D eigenvalue weighted by molar-refractivity contribution is -0.124. The van der Waals surface area contributed by atoms with Gasteiger partial charge in [-0.15, -0.1) is 0 Å². The summed E-state index contributed by atoms with van der Waals surface area (Å²) in [6.45, 7) is 9.44. The Morgan fingerprint density at radius 3 is 2.73 bits per heavy atom. The van der Waals surface area contributed by atoms with Gasteiger partial charge in [0.2, 0.25) is 0 Å². The highest BCUT2D eigenvalue weighted by Crippen LogP contribution is 2.14. The number of carbonyl (C=O) groups is 1. The highest BCUT2D eigenvalue weighted by Gasteiger charge is 2.25. The van der Waals surface area contributed by atoms with Crippen LogP contribution in [0.1, 0.15) is 33.6 Å². The third kappa shape index (κ3) is 3.92. The Morgan fingerprint density at radius 1 is 1.53 bits per heavy atom. The van der Waals surface area contributed by atoms with E-state index in [0.717, 1.165) is 26.0 Å². The van der Waals surface area contributed by atoms with Gasteiger partial charge in [0, 0.05) is 18.6 Å². The van der Waals surface area contributed by atoms with Gasteiger partial charge >= 0.3 is 0 Å². The van der Waals surface area contributed by atoms with Crippen LogP contribution in [0.15, 0.2) is 0 Å².